The number of rotatable bonds is 11. The van der Waals surface area contributed by atoms with Gasteiger partial charge in [0.2, 0.25) is 0 Å². The van der Waals surface area contributed by atoms with Crippen LogP contribution < -0.4 is 34.7 Å². The summed E-state index contributed by atoms with van der Waals surface area (Å²) in [7, 11) is -4.30. The molecule has 0 atom stereocenters. The quantitative estimate of drug-likeness (QED) is 0.269. The van der Waals surface area contributed by atoms with Gasteiger partial charge >= 0.3 is 29.6 Å². The summed E-state index contributed by atoms with van der Waals surface area (Å²) in [6.45, 7) is 2.82. The van der Waals surface area contributed by atoms with Gasteiger partial charge in [0.15, 0.2) is 0 Å². The van der Waals surface area contributed by atoms with E-state index in [1.807, 2.05) is 0 Å². The maximum absolute atomic E-state index is 11.6. The normalized spacial score (nSPS) is 11.6. The van der Waals surface area contributed by atoms with Crippen molar-refractivity contribution in [3.05, 3.63) is 23.8 Å². The van der Waals surface area contributed by atoms with E-state index in [0.29, 0.717) is 6.54 Å². The van der Waals surface area contributed by atoms with Crippen LogP contribution in [0, 0.1) is 0 Å². The molecule has 0 saturated carbocycles. The second-order valence-corrected chi connectivity index (χ2v) is 7.11. The van der Waals surface area contributed by atoms with Gasteiger partial charge in [-0.3, -0.25) is 9.55 Å². The summed E-state index contributed by atoms with van der Waals surface area (Å²) < 4.78 is 31.1. The number of hydrogen-bond donors (Lipinski definition) is 1. The van der Waals surface area contributed by atoms with Gasteiger partial charge in [0.05, 0.1) is 4.90 Å². The van der Waals surface area contributed by atoms with Crippen molar-refractivity contribution in [2.45, 2.75) is 63.2 Å². The van der Waals surface area contributed by atoms with Gasteiger partial charge in [-0.15, -0.1) is 0 Å². The maximum Gasteiger partial charge on any atom is 1.00 e. The van der Waals surface area contributed by atoms with Crippen LogP contribution in [0.25, 0.3) is 0 Å². The molecule has 0 bridgehead atoms. The van der Waals surface area contributed by atoms with Crippen LogP contribution >= 0.6 is 0 Å². The fraction of sp³-hybridized carbons (Fsp3) is 0.588. The number of hydrogen-bond acceptors (Lipinski definition) is 4. The predicted octanol–water partition coefficient (Wildman–Crippen LogP) is 0.571. The van der Waals surface area contributed by atoms with Gasteiger partial charge < -0.3 is 5.11 Å². The van der Waals surface area contributed by atoms with Crippen LogP contribution in [-0.2, 0) is 10.1 Å². The Morgan fingerprint density at radius 2 is 1.67 bits per heavy atom. The molecule has 0 aliphatic rings. The topological polar surface area (TPSA) is 89.8 Å². The third-order valence-electron chi connectivity index (χ3n) is 3.65. The van der Waals surface area contributed by atoms with Crippen molar-refractivity contribution in [3.8, 4) is 5.75 Å². The van der Waals surface area contributed by atoms with Crippen molar-refractivity contribution in [2.24, 2.45) is 4.99 Å². The first kappa shape index (κ1) is 23.6. The van der Waals surface area contributed by atoms with Gasteiger partial charge in [0.25, 0.3) is 10.1 Å². The molecular formula is C17H26NNaO4S. The molecule has 24 heavy (non-hydrogen) atoms. The third kappa shape index (κ3) is 9.79. The first-order valence-corrected chi connectivity index (χ1v) is 9.67. The van der Waals surface area contributed by atoms with Crippen molar-refractivity contribution in [2.75, 3.05) is 6.54 Å². The first-order valence-electron chi connectivity index (χ1n) is 8.23. The average Bonchev–Trinajstić information content (AvgIpc) is 2.49. The number of nitrogens with zero attached hydrogens (tertiary/aromatic N) is 1. The van der Waals surface area contributed by atoms with E-state index >= 15 is 0 Å². The van der Waals surface area contributed by atoms with Crippen LogP contribution in [0.2, 0.25) is 0 Å². The second kappa shape index (κ2) is 12.9. The van der Waals surface area contributed by atoms with E-state index in [4.69, 9.17) is 4.55 Å². The van der Waals surface area contributed by atoms with Crippen molar-refractivity contribution in [1.82, 2.24) is 0 Å². The van der Waals surface area contributed by atoms with E-state index in [-0.39, 0.29) is 45.8 Å². The molecule has 1 rings (SSSR count). The van der Waals surface area contributed by atoms with Crippen LogP contribution in [0.5, 0.6) is 5.75 Å². The zero-order valence-electron chi connectivity index (χ0n) is 14.7. The number of benzene rings is 1. The molecule has 130 valence electrons. The summed E-state index contributed by atoms with van der Waals surface area (Å²) in [5.41, 5.74) is 0.180. The van der Waals surface area contributed by atoms with Crippen molar-refractivity contribution in [1.29, 1.82) is 0 Å². The minimum atomic E-state index is -4.30. The van der Waals surface area contributed by atoms with Crippen molar-refractivity contribution in [3.63, 3.8) is 0 Å². The van der Waals surface area contributed by atoms with E-state index in [9.17, 15) is 13.5 Å². The molecule has 0 fully saturated rings. The second-order valence-electron chi connectivity index (χ2n) is 5.68. The molecular weight excluding hydrogens is 337 g/mol. The van der Waals surface area contributed by atoms with Gasteiger partial charge in [0.1, 0.15) is 0 Å². The smallest absolute Gasteiger partial charge is 0.872 e. The van der Waals surface area contributed by atoms with Crippen molar-refractivity contribution >= 4 is 16.3 Å². The van der Waals surface area contributed by atoms with Gasteiger partial charge in [-0.25, -0.2) is 0 Å². The zero-order valence-corrected chi connectivity index (χ0v) is 17.5. The zero-order chi connectivity index (χ0) is 17.1. The van der Waals surface area contributed by atoms with E-state index in [0.717, 1.165) is 31.0 Å². The minimum Gasteiger partial charge on any atom is -0.872 e. The Hall–Kier alpha value is -0.400. The molecule has 0 aliphatic heterocycles. The molecule has 0 unspecified atom stereocenters. The van der Waals surface area contributed by atoms with Crippen LogP contribution in [0.4, 0.5) is 0 Å². The standard InChI is InChI=1S/C17H27NO4S.Na/c1-2-3-4-5-6-7-8-9-12-18-14-15-13-16(23(20,21)22)10-11-17(15)19;/h10-11,13-14,19H,2-9,12H2,1H3,(H,20,21,22);/q;+1/p-1. The van der Waals surface area contributed by atoms with Gasteiger partial charge in [0, 0.05) is 12.8 Å². The van der Waals surface area contributed by atoms with Crippen LogP contribution in [0.3, 0.4) is 0 Å². The first-order chi connectivity index (χ1) is 10.9. The molecule has 1 N–H and O–H groups in total. The Bertz CT molecular complexity index is 603. The molecule has 0 amide bonds. The average molecular weight is 363 g/mol. The molecule has 1 aromatic rings. The van der Waals surface area contributed by atoms with E-state index < -0.39 is 10.1 Å². The third-order valence-corrected chi connectivity index (χ3v) is 4.50. The molecule has 0 aliphatic carbocycles. The SMILES string of the molecule is CCCCCCCCCCN=Cc1cc(S(=O)(=O)O)ccc1[O-].[Na+]. The minimum absolute atomic E-state index is 0. The molecule has 0 saturated heterocycles. The Balaban J connectivity index is 0.00000529. The Morgan fingerprint density at radius 3 is 2.25 bits per heavy atom. The maximum atomic E-state index is 11.6. The molecule has 5 nitrogen and oxygen atoms in total. The number of aliphatic imine (C=N–C) groups is 1. The fourth-order valence-electron chi connectivity index (χ4n) is 2.29. The monoisotopic (exact) mass is 363 g/mol. The van der Waals surface area contributed by atoms with E-state index in [2.05, 4.69) is 11.9 Å². The van der Waals surface area contributed by atoms with Gasteiger partial charge in [-0.1, -0.05) is 63.7 Å². The molecule has 0 aromatic heterocycles. The Kier molecular flexibility index (Phi) is 12.7. The van der Waals surface area contributed by atoms with Gasteiger partial charge in [-0.05, 0) is 24.1 Å². The van der Waals surface area contributed by atoms with Crippen LogP contribution in [-0.4, -0.2) is 25.7 Å². The summed E-state index contributed by atoms with van der Waals surface area (Å²) >= 11 is 0. The molecule has 1 aromatic carbocycles. The fourth-order valence-corrected chi connectivity index (χ4v) is 2.80. The Labute approximate surface area is 167 Å². The predicted molar refractivity (Wildman–Crippen MR) is 90.8 cm³/mol. The van der Waals surface area contributed by atoms with Crippen LogP contribution in [0.15, 0.2) is 28.1 Å². The molecule has 0 radical (unpaired) electrons. The summed E-state index contributed by atoms with van der Waals surface area (Å²) in [6.07, 6.45) is 11.1. The van der Waals surface area contributed by atoms with E-state index in [1.165, 1.54) is 44.7 Å². The Morgan fingerprint density at radius 1 is 1.08 bits per heavy atom. The molecule has 0 heterocycles. The van der Waals surface area contributed by atoms with Gasteiger partial charge in [-0.2, -0.15) is 8.42 Å². The van der Waals surface area contributed by atoms with Crippen molar-refractivity contribution < 1.29 is 47.6 Å². The largest absolute Gasteiger partial charge is 1.00 e. The van der Waals surface area contributed by atoms with E-state index in [1.54, 1.807) is 0 Å². The summed E-state index contributed by atoms with van der Waals surface area (Å²) in [6, 6.07) is 3.36. The van der Waals surface area contributed by atoms with Crippen LogP contribution in [0.1, 0.15) is 63.9 Å². The summed E-state index contributed by atoms with van der Waals surface area (Å²) in [5, 5.41) is 11.6. The molecule has 0 spiro atoms. The molecule has 7 heteroatoms. The summed E-state index contributed by atoms with van der Waals surface area (Å²) in [4.78, 5) is 3.88. The number of unbranched alkanes of at least 4 members (excludes halogenated alkanes) is 7. The summed E-state index contributed by atoms with van der Waals surface area (Å²) in [5.74, 6) is -0.308.